The van der Waals surface area contributed by atoms with Gasteiger partial charge in [-0.25, -0.2) is 8.42 Å². The Morgan fingerprint density at radius 3 is 2.19 bits per heavy atom. The second-order valence-electron chi connectivity index (χ2n) is 6.93. The molecule has 5 nitrogen and oxygen atoms in total. The van der Waals surface area contributed by atoms with Gasteiger partial charge in [-0.3, -0.25) is 9.10 Å². The fraction of sp³-hybridized carbons (Fsp3) is 0.136. The molecular weight excluding hydrogens is 479 g/mol. The molecule has 0 aliphatic heterocycles. The van der Waals surface area contributed by atoms with Crippen LogP contribution in [0.3, 0.4) is 0 Å². The first kappa shape index (κ1) is 23.4. The maximum Gasteiger partial charge on any atom is 0.264 e. The van der Waals surface area contributed by atoms with E-state index in [0.29, 0.717) is 10.7 Å². The number of anilines is 2. The van der Waals surface area contributed by atoms with E-state index in [1.165, 1.54) is 24.3 Å². The minimum Gasteiger partial charge on any atom is -0.324 e. The standard InChI is InChI=1S/C22H19Cl3N2O3S/c1-14-3-8-18(9-4-14)31(29,30)27(21-12-17(24)7-10-19(21)25)13-22(28)26-20-11-16(23)6-5-15(20)2/h3-12H,13H2,1-2H3,(H,26,28). The van der Waals surface area contributed by atoms with Gasteiger partial charge in [0.15, 0.2) is 0 Å². The molecule has 0 aliphatic rings. The van der Waals surface area contributed by atoms with Gasteiger partial charge in [0.1, 0.15) is 6.54 Å². The highest BCUT2D eigenvalue weighted by molar-refractivity contribution is 7.92. The molecule has 1 N–H and O–H groups in total. The Labute approximate surface area is 196 Å². The summed E-state index contributed by atoms with van der Waals surface area (Å²) in [6.07, 6.45) is 0. The second-order valence-corrected chi connectivity index (χ2v) is 10.1. The smallest absolute Gasteiger partial charge is 0.264 e. The fourth-order valence-electron chi connectivity index (χ4n) is 2.86. The first-order valence-electron chi connectivity index (χ1n) is 9.18. The lowest BCUT2D eigenvalue weighted by molar-refractivity contribution is -0.114. The molecule has 0 aliphatic carbocycles. The highest BCUT2D eigenvalue weighted by Gasteiger charge is 2.29. The lowest BCUT2D eigenvalue weighted by atomic mass is 10.2. The summed E-state index contributed by atoms with van der Waals surface area (Å²) in [7, 11) is -4.11. The SMILES string of the molecule is Cc1ccc(S(=O)(=O)N(CC(=O)Nc2cc(Cl)ccc2C)c2cc(Cl)ccc2Cl)cc1. The summed E-state index contributed by atoms with van der Waals surface area (Å²) in [4.78, 5) is 12.9. The average molecular weight is 498 g/mol. The normalized spacial score (nSPS) is 11.3. The van der Waals surface area contributed by atoms with Crippen molar-refractivity contribution >= 4 is 62.1 Å². The largest absolute Gasteiger partial charge is 0.324 e. The van der Waals surface area contributed by atoms with E-state index in [4.69, 9.17) is 34.8 Å². The van der Waals surface area contributed by atoms with Crippen LogP contribution in [0.2, 0.25) is 15.1 Å². The van der Waals surface area contributed by atoms with Crippen LogP contribution in [0.25, 0.3) is 0 Å². The number of hydrogen-bond acceptors (Lipinski definition) is 3. The Kier molecular flexibility index (Phi) is 7.17. The van der Waals surface area contributed by atoms with E-state index in [0.717, 1.165) is 15.4 Å². The quantitative estimate of drug-likeness (QED) is 0.447. The van der Waals surface area contributed by atoms with Crippen molar-refractivity contribution in [1.82, 2.24) is 0 Å². The van der Waals surface area contributed by atoms with Crippen molar-refractivity contribution in [3.05, 3.63) is 86.9 Å². The zero-order valence-corrected chi connectivity index (χ0v) is 19.8. The molecule has 0 radical (unpaired) electrons. The van der Waals surface area contributed by atoms with E-state index in [-0.39, 0.29) is 20.6 Å². The van der Waals surface area contributed by atoms with Crippen LogP contribution in [-0.4, -0.2) is 20.9 Å². The maximum atomic E-state index is 13.4. The van der Waals surface area contributed by atoms with Gasteiger partial charge in [0.25, 0.3) is 10.0 Å². The third-order valence-electron chi connectivity index (χ3n) is 4.55. The van der Waals surface area contributed by atoms with Crippen molar-refractivity contribution in [2.45, 2.75) is 18.7 Å². The summed E-state index contributed by atoms with van der Waals surface area (Å²) in [5.74, 6) is -0.558. The van der Waals surface area contributed by atoms with Crippen molar-refractivity contribution in [3.8, 4) is 0 Å². The van der Waals surface area contributed by atoms with Crippen LogP contribution in [0.15, 0.2) is 65.6 Å². The second kappa shape index (κ2) is 9.49. The van der Waals surface area contributed by atoms with Gasteiger partial charge in [-0.1, -0.05) is 58.6 Å². The highest BCUT2D eigenvalue weighted by Crippen LogP contribution is 2.33. The molecule has 0 saturated carbocycles. The van der Waals surface area contributed by atoms with Crippen molar-refractivity contribution in [2.75, 3.05) is 16.2 Å². The van der Waals surface area contributed by atoms with Gasteiger partial charge in [-0.05, 0) is 61.9 Å². The minimum atomic E-state index is -4.11. The first-order valence-corrected chi connectivity index (χ1v) is 11.8. The highest BCUT2D eigenvalue weighted by atomic mass is 35.5. The van der Waals surface area contributed by atoms with Gasteiger partial charge in [0.05, 0.1) is 15.6 Å². The third kappa shape index (κ3) is 5.52. The number of benzene rings is 3. The number of hydrogen-bond donors (Lipinski definition) is 1. The molecule has 1 amide bonds. The predicted molar refractivity (Wildman–Crippen MR) is 127 cm³/mol. The Balaban J connectivity index is 2.02. The molecule has 0 saturated heterocycles. The fourth-order valence-corrected chi connectivity index (χ4v) is 4.90. The van der Waals surface area contributed by atoms with Gasteiger partial charge < -0.3 is 5.32 Å². The number of aryl methyl sites for hydroxylation is 2. The number of rotatable bonds is 6. The van der Waals surface area contributed by atoms with E-state index < -0.39 is 22.5 Å². The van der Waals surface area contributed by atoms with E-state index in [9.17, 15) is 13.2 Å². The Bertz CT molecular complexity index is 1230. The number of nitrogens with zero attached hydrogens (tertiary/aromatic N) is 1. The topological polar surface area (TPSA) is 66.5 Å². The molecule has 0 unspecified atom stereocenters. The molecule has 0 aromatic heterocycles. The molecular formula is C22H19Cl3N2O3S. The average Bonchev–Trinajstić information content (AvgIpc) is 2.71. The molecule has 3 rings (SSSR count). The summed E-state index contributed by atoms with van der Waals surface area (Å²) >= 11 is 18.4. The maximum absolute atomic E-state index is 13.4. The lowest BCUT2D eigenvalue weighted by Crippen LogP contribution is -2.38. The van der Waals surface area contributed by atoms with Gasteiger partial charge in [0.2, 0.25) is 5.91 Å². The summed E-state index contributed by atoms with van der Waals surface area (Å²) < 4.78 is 27.8. The monoisotopic (exact) mass is 496 g/mol. The molecule has 0 fully saturated rings. The van der Waals surface area contributed by atoms with Crippen LogP contribution < -0.4 is 9.62 Å². The molecule has 9 heteroatoms. The number of halogens is 3. The lowest BCUT2D eigenvalue weighted by Gasteiger charge is -2.25. The third-order valence-corrected chi connectivity index (χ3v) is 7.11. The van der Waals surface area contributed by atoms with Crippen LogP contribution in [0, 0.1) is 13.8 Å². The van der Waals surface area contributed by atoms with Crippen molar-refractivity contribution < 1.29 is 13.2 Å². The van der Waals surface area contributed by atoms with Crippen LogP contribution in [0.5, 0.6) is 0 Å². The minimum absolute atomic E-state index is 0.0286. The molecule has 162 valence electrons. The summed E-state index contributed by atoms with van der Waals surface area (Å²) in [5.41, 5.74) is 2.28. The Hall–Kier alpha value is -2.25. The Morgan fingerprint density at radius 1 is 0.903 bits per heavy atom. The van der Waals surface area contributed by atoms with Gasteiger partial charge >= 0.3 is 0 Å². The van der Waals surface area contributed by atoms with Gasteiger partial charge in [-0.2, -0.15) is 0 Å². The van der Waals surface area contributed by atoms with Gasteiger partial charge in [0, 0.05) is 15.7 Å². The molecule has 3 aromatic carbocycles. The van der Waals surface area contributed by atoms with Crippen molar-refractivity contribution in [1.29, 1.82) is 0 Å². The summed E-state index contributed by atoms with van der Waals surface area (Å²) in [6.45, 7) is 3.14. The number of amides is 1. The molecule has 31 heavy (non-hydrogen) atoms. The van der Waals surface area contributed by atoms with Crippen LogP contribution in [-0.2, 0) is 14.8 Å². The molecule has 0 bridgehead atoms. The van der Waals surface area contributed by atoms with Crippen molar-refractivity contribution in [2.24, 2.45) is 0 Å². The van der Waals surface area contributed by atoms with E-state index >= 15 is 0 Å². The predicted octanol–water partition coefficient (Wildman–Crippen LogP) is 6.10. The molecule has 0 atom stereocenters. The molecule has 3 aromatic rings. The summed E-state index contributed by atoms with van der Waals surface area (Å²) in [5, 5.41) is 3.59. The Morgan fingerprint density at radius 2 is 1.52 bits per heavy atom. The number of carbonyl (C=O) groups is 1. The number of carbonyl (C=O) groups excluding carboxylic acids is 1. The van der Waals surface area contributed by atoms with Crippen LogP contribution in [0.4, 0.5) is 11.4 Å². The van der Waals surface area contributed by atoms with E-state index in [2.05, 4.69) is 5.32 Å². The molecule has 0 spiro atoms. The summed E-state index contributed by atoms with van der Waals surface area (Å²) in [6, 6.07) is 15.8. The first-order chi connectivity index (χ1) is 14.6. The van der Waals surface area contributed by atoms with Crippen molar-refractivity contribution in [3.63, 3.8) is 0 Å². The molecule has 0 heterocycles. The zero-order chi connectivity index (χ0) is 22.8. The number of sulfonamides is 1. The van der Waals surface area contributed by atoms with Gasteiger partial charge in [-0.15, -0.1) is 0 Å². The van der Waals surface area contributed by atoms with E-state index in [1.54, 1.807) is 43.3 Å². The van der Waals surface area contributed by atoms with Crippen LogP contribution in [0.1, 0.15) is 11.1 Å². The zero-order valence-electron chi connectivity index (χ0n) is 16.7. The number of nitrogens with one attached hydrogen (secondary N) is 1. The van der Waals surface area contributed by atoms with Crippen LogP contribution >= 0.6 is 34.8 Å². The van der Waals surface area contributed by atoms with E-state index in [1.807, 2.05) is 6.92 Å².